The molecular formula is C27H33N3O5. The van der Waals surface area contributed by atoms with Gasteiger partial charge in [0.15, 0.2) is 0 Å². The number of benzene rings is 1. The van der Waals surface area contributed by atoms with E-state index < -0.39 is 35.6 Å². The minimum Gasteiger partial charge on any atom is -0.394 e. The van der Waals surface area contributed by atoms with E-state index in [1.54, 1.807) is 16.7 Å². The van der Waals surface area contributed by atoms with Gasteiger partial charge in [0.2, 0.25) is 17.7 Å². The van der Waals surface area contributed by atoms with Gasteiger partial charge in [0.1, 0.15) is 11.6 Å². The zero-order valence-electron chi connectivity index (χ0n) is 20.4. The third-order valence-electron chi connectivity index (χ3n) is 7.79. The highest BCUT2D eigenvalue weighted by Gasteiger charge is 2.72. The molecule has 8 nitrogen and oxygen atoms in total. The number of nitrogens with zero attached hydrogens (tertiary/aromatic N) is 3. The van der Waals surface area contributed by atoms with Gasteiger partial charge in [-0.3, -0.25) is 14.4 Å². The predicted molar refractivity (Wildman–Crippen MR) is 129 cm³/mol. The molecule has 8 heteroatoms. The Labute approximate surface area is 205 Å². The van der Waals surface area contributed by atoms with Crippen molar-refractivity contribution in [1.82, 2.24) is 14.7 Å². The van der Waals surface area contributed by atoms with E-state index in [4.69, 9.17) is 4.74 Å². The third kappa shape index (κ3) is 3.62. The molecular weight excluding hydrogens is 446 g/mol. The van der Waals surface area contributed by atoms with Crippen LogP contribution in [0.15, 0.2) is 54.6 Å². The Bertz CT molecular complexity index is 1070. The maximum Gasteiger partial charge on any atom is 0.249 e. The second kappa shape index (κ2) is 8.91. The summed E-state index contributed by atoms with van der Waals surface area (Å²) in [6.45, 7) is 6.56. The Morgan fingerprint density at radius 3 is 2.46 bits per heavy atom. The standard InChI is InChI=1S/C27H33N3O5/c1-17(2)29-14-8-12-27-22(25(33)30(18(3)16-31)23(27)26(29)34)21-20(35-27)11-7-13-28(24(21)32)15-19-9-5-4-6-10-19/h4-12,17-18,20-23,31H,13-16H2,1-3H3/t18-,20-,21+,22+,23?,27+/m1/s1. The molecule has 4 heterocycles. The summed E-state index contributed by atoms with van der Waals surface area (Å²) in [5.74, 6) is -2.26. The molecule has 0 aromatic heterocycles. The molecule has 1 unspecified atom stereocenters. The van der Waals surface area contributed by atoms with Crippen LogP contribution in [0.1, 0.15) is 26.3 Å². The van der Waals surface area contributed by atoms with Crippen molar-refractivity contribution in [3.63, 3.8) is 0 Å². The monoisotopic (exact) mass is 479 g/mol. The Hall–Kier alpha value is -2.97. The van der Waals surface area contributed by atoms with Crippen molar-refractivity contribution < 1.29 is 24.2 Å². The molecule has 0 radical (unpaired) electrons. The molecule has 5 rings (SSSR count). The first-order valence-corrected chi connectivity index (χ1v) is 12.4. The van der Waals surface area contributed by atoms with Gasteiger partial charge in [-0.1, -0.05) is 54.6 Å². The quantitative estimate of drug-likeness (QED) is 0.644. The molecule has 0 aliphatic carbocycles. The number of hydrogen-bond donors (Lipinski definition) is 1. The second-order valence-electron chi connectivity index (χ2n) is 10.2. The van der Waals surface area contributed by atoms with Crippen molar-refractivity contribution in [1.29, 1.82) is 0 Å². The minimum absolute atomic E-state index is 0.0718. The molecule has 0 bridgehead atoms. The highest BCUT2D eigenvalue weighted by molar-refractivity contribution is 6.00. The molecule has 2 fully saturated rings. The van der Waals surface area contributed by atoms with Crippen molar-refractivity contribution in [3.05, 3.63) is 60.2 Å². The molecule has 1 aromatic rings. The molecule has 4 aliphatic rings. The Morgan fingerprint density at radius 1 is 1.03 bits per heavy atom. The lowest BCUT2D eigenvalue weighted by atomic mass is 9.77. The summed E-state index contributed by atoms with van der Waals surface area (Å²) in [6.07, 6.45) is 6.90. The SMILES string of the molecule is CC(C)N1CC=C[C@]23O[C@@H]4C=CCN(Cc5ccccc5)C(=O)[C@@H]4[C@H]2C(=O)N([C@H](C)CO)C3C1=O. The average Bonchev–Trinajstić information content (AvgIpc) is 3.17. The Balaban J connectivity index is 1.57. The van der Waals surface area contributed by atoms with Crippen molar-refractivity contribution >= 4 is 17.7 Å². The van der Waals surface area contributed by atoms with Crippen LogP contribution in [0.3, 0.4) is 0 Å². The van der Waals surface area contributed by atoms with E-state index >= 15 is 0 Å². The second-order valence-corrected chi connectivity index (χ2v) is 10.2. The number of amides is 3. The molecule has 0 saturated carbocycles. The predicted octanol–water partition coefficient (Wildman–Crippen LogP) is 1.35. The maximum atomic E-state index is 14.0. The lowest BCUT2D eigenvalue weighted by molar-refractivity contribution is -0.151. The van der Waals surface area contributed by atoms with E-state index in [1.165, 1.54) is 4.90 Å². The van der Waals surface area contributed by atoms with Crippen molar-refractivity contribution in [2.45, 2.75) is 57.1 Å². The van der Waals surface area contributed by atoms with E-state index in [0.29, 0.717) is 19.6 Å². The summed E-state index contributed by atoms with van der Waals surface area (Å²) in [4.78, 5) is 46.7. The molecule has 1 spiro atoms. The van der Waals surface area contributed by atoms with Crippen LogP contribution >= 0.6 is 0 Å². The van der Waals surface area contributed by atoms with E-state index in [-0.39, 0.29) is 30.4 Å². The largest absolute Gasteiger partial charge is 0.394 e. The van der Waals surface area contributed by atoms with E-state index in [0.717, 1.165) is 5.56 Å². The summed E-state index contributed by atoms with van der Waals surface area (Å²) < 4.78 is 6.59. The average molecular weight is 480 g/mol. The van der Waals surface area contributed by atoms with Crippen molar-refractivity contribution in [2.24, 2.45) is 11.8 Å². The number of aliphatic hydroxyl groups excluding tert-OH is 1. The zero-order valence-corrected chi connectivity index (χ0v) is 20.4. The normalized spacial score (nSPS) is 33.1. The first kappa shape index (κ1) is 23.8. The first-order chi connectivity index (χ1) is 16.8. The number of aliphatic hydroxyl groups is 1. The Morgan fingerprint density at radius 2 is 1.77 bits per heavy atom. The molecule has 35 heavy (non-hydrogen) atoms. The van der Waals surface area contributed by atoms with Crippen LogP contribution < -0.4 is 0 Å². The van der Waals surface area contributed by atoms with E-state index in [2.05, 4.69) is 0 Å². The van der Waals surface area contributed by atoms with Crippen LogP contribution in [-0.4, -0.2) is 87.1 Å². The summed E-state index contributed by atoms with van der Waals surface area (Å²) in [5, 5.41) is 9.97. The van der Waals surface area contributed by atoms with Crippen LogP contribution in [-0.2, 0) is 25.7 Å². The lowest BCUT2D eigenvalue weighted by Crippen LogP contribution is -2.58. The van der Waals surface area contributed by atoms with E-state index in [1.807, 2.05) is 68.5 Å². The van der Waals surface area contributed by atoms with Gasteiger partial charge >= 0.3 is 0 Å². The Kier molecular flexibility index (Phi) is 6.05. The molecule has 6 atom stereocenters. The van der Waals surface area contributed by atoms with Gasteiger partial charge < -0.3 is 24.5 Å². The fraction of sp³-hybridized carbons (Fsp3) is 0.519. The van der Waals surface area contributed by atoms with Gasteiger partial charge in [-0.25, -0.2) is 0 Å². The maximum absolute atomic E-state index is 14.0. The van der Waals surface area contributed by atoms with Crippen LogP contribution in [0.4, 0.5) is 0 Å². The molecule has 3 amide bonds. The van der Waals surface area contributed by atoms with Crippen molar-refractivity contribution in [2.75, 3.05) is 19.7 Å². The van der Waals surface area contributed by atoms with Gasteiger partial charge in [-0.05, 0) is 26.3 Å². The molecule has 1 aromatic carbocycles. The van der Waals surface area contributed by atoms with Gasteiger partial charge in [0, 0.05) is 25.7 Å². The highest BCUT2D eigenvalue weighted by atomic mass is 16.5. The third-order valence-corrected chi connectivity index (χ3v) is 7.79. The number of likely N-dealkylation sites (tertiary alicyclic amines) is 1. The highest BCUT2D eigenvalue weighted by Crippen LogP contribution is 2.54. The number of fused-ring (bicyclic) bond motifs is 2. The van der Waals surface area contributed by atoms with Crippen LogP contribution in [0.25, 0.3) is 0 Å². The van der Waals surface area contributed by atoms with Gasteiger partial charge in [0.05, 0.1) is 30.6 Å². The van der Waals surface area contributed by atoms with Gasteiger partial charge in [-0.2, -0.15) is 0 Å². The topological polar surface area (TPSA) is 90.4 Å². The zero-order chi connectivity index (χ0) is 24.9. The van der Waals surface area contributed by atoms with E-state index in [9.17, 15) is 19.5 Å². The number of carbonyl (C=O) groups excluding carboxylic acids is 3. The minimum atomic E-state index is -1.26. The summed E-state index contributed by atoms with van der Waals surface area (Å²) in [7, 11) is 0. The number of ether oxygens (including phenoxy) is 1. The number of carbonyl (C=O) groups is 3. The van der Waals surface area contributed by atoms with Crippen LogP contribution in [0.2, 0.25) is 0 Å². The summed E-state index contributed by atoms with van der Waals surface area (Å²) in [6, 6.07) is 8.16. The number of hydrogen-bond acceptors (Lipinski definition) is 5. The van der Waals surface area contributed by atoms with Gasteiger partial charge in [-0.15, -0.1) is 0 Å². The number of rotatable bonds is 5. The fourth-order valence-corrected chi connectivity index (χ4v) is 6.12. The smallest absolute Gasteiger partial charge is 0.249 e. The van der Waals surface area contributed by atoms with Crippen molar-refractivity contribution in [3.8, 4) is 0 Å². The molecule has 4 aliphatic heterocycles. The van der Waals surface area contributed by atoms with Crippen LogP contribution in [0, 0.1) is 11.8 Å². The summed E-state index contributed by atoms with van der Waals surface area (Å²) in [5.41, 5.74) is -0.253. The summed E-state index contributed by atoms with van der Waals surface area (Å²) >= 11 is 0. The van der Waals surface area contributed by atoms with Gasteiger partial charge in [0.25, 0.3) is 0 Å². The lowest BCUT2D eigenvalue weighted by Gasteiger charge is -2.38. The molecule has 2 saturated heterocycles. The fourth-order valence-electron chi connectivity index (χ4n) is 6.12. The molecule has 186 valence electrons. The molecule has 1 N–H and O–H groups in total. The first-order valence-electron chi connectivity index (χ1n) is 12.4. The van der Waals surface area contributed by atoms with Crippen LogP contribution in [0.5, 0.6) is 0 Å².